The number of piperidine rings is 1. The molecule has 1 aromatic heterocycles. The summed E-state index contributed by atoms with van der Waals surface area (Å²) >= 11 is 1.14. The summed E-state index contributed by atoms with van der Waals surface area (Å²) in [6.45, 7) is 3.71. The molecule has 0 saturated carbocycles. The number of nitrogens with two attached hydrogens (primary N) is 1. The Balaban J connectivity index is 1.98. The Morgan fingerprint density at radius 3 is 2.71 bits per heavy atom. The molecule has 0 aromatic carbocycles. The van der Waals surface area contributed by atoms with E-state index in [-0.39, 0.29) is 12.1 Å². The van der Waals surface area contributed by atoms with Gasteiger partial charge in [-0.15, -0.1) is 0 Å². The lowest BCUT2D eigenvalue weighted by Crippen LogP contribution is -2.35. The number of aromatic nitrogens is 1. The van der Waals surface area contributed by atoms with Gasteiger partial charge in [0.05, 0.1) is 5.69 Å². The summed E-state index contributed by atoms with van der Waals surface area (Å²) in [4.78, 5) is 14.2. The second-order valence-corrected chi connectivity index (χ2v) is 5.22. The molecule has 1 saturated heterocycles. The van der Waals surface area contributed by atoms with Crippen molar-refractivity contribution in [2.24, 2.45) is 0 Å². The molecule has 0 bridgehead atoms. The lowest BCUT2D eigenvalue weighted by molar-refractivity contribution is 0.0140. The lowest BCUT2D eigenvalue weighted by Gasteiger charge is -2.28. The summed E-state index contributed by atoms with van der Waals surface area (Å²) in [6, 6.07) is 0. The van der Waals surface area contributed by atoms with E-state index in [2.05, 4.69) is 16.3 Å². The normalized spacial score (nSPS) is 18.2. The largest absolute Gasteiger partial charge is 0.459 e. The summed E-state index contributed by atoms with van der Waals surface area (Å²) in [5.41, 5.74) is 6.81. The molecule has 1 aliphatic rings. The van der Waals surface area contributed by atoms with Gasteiger partial charge < -0.3 is 15.4 Å². The van der Waals surface area contributed by atoms with Crippen molar-refractivity contribution in [1.29, 1.82) is 0 Å². The Morgan fingerprint density at radius 1 is 1.53 bits per heavy atom. The molecule has 0 unspecified atom stereocenters. The number of esters is 1. The van der Waals surface area contributed by atoms with Gasteiger partial charge in [0.2, 0.25) is 0 Å². The van der Waals surface area contributed by atoms with Gasteiger partial charge in [-0.25, -0.2) is 4.79 Å². The molecule has 2 N–H and O–H groups in total. The van der Waals surface area contributed by atoms with Crippen LogP contribution in [0, 0.1) is 6.92 Å². The number of carbonyl (C=O) groups excluding carboxylic acids is 1. The molecule has 1 aromatic rings. The fraction of sp³-hybridized carbons (Fsp3) is 0.636. The number of likely N-dealkylation sites (tertiary alicyclic amines) is 1. The zero-order valence-electron chi connectivity index (χ0n) is 10.1. The highest BCUT2D eigenvalue weighted by atomic mass is 32.1. The molecule has 0 radical (unpaired) electrons. The Morgan fingerprint density at radius 2 is 2.18 bits per heavy atom. The Bertz CT molecular complexity index is 391. The summed E-state index contributed by atoms with van der Waals surface area (Å²) in [5, 5.41) is 0.445. The molecule has 17 heavy (non-hydrogen) atoms. The van der Waals surface area contributed by atoms with Crippen molar-refractivity contribution < 1.29 is 9.53 Å². The third kappa shape index (κ3) is 2.76. The maximum Gasteiger partial charge on any atom is 0.343 e. The van der Waals surface area contributed by atoms with Crippen molar-refractivity contribution >= 4 is 22.5 Å². The van der Waals surface area contributed by atoms with Gasteiger partial charge in [0.25, 0.3) is 0 Å². The first-order valence-corrected chi connectivity index (χ1v) is 6.46. The number of ether oxygens (including phenoxy) is 1. The summed E-state index contributed by atoms with van der Waals surface area (Å²) < 4.78 is 9.52. The van der Waals surface area contributed by atoms with Crippen LogP contribution < -0.4 is 5.73 Å². The maximum absolute atomic E-state index is 11.9. The van der Waals surface area contributed by atoms with Gasteiger partial charge in [-0.1, -0.05) is 0 Å². The highest BCUT2D eigenvalue weighted by Crippen LogP contribution is 2.23. The van der Waals surface area contributed by atoms with E-state index in [0.717, 1.165) is 37.5 Å². The summed E-state index contributed by atoms with van der Waals surface area (Å²) in [6.07, 6.45) is 1.79. The van der Waals surface area contributed by atoms with Crippen molar-refractivity contribution in [3.8, 4) is 0 Å². The van der Waals surface area contributed by atoms with Gasteiger partial charge in [-0.2, -0.15) is 4.37 Å². The highest BCUT2D eigenvalue weighted by Gasteiger charge is 2.24. The first kappa shape index (κ1) is 12.3. The zero-order valence-corrected chi connectivity index (χ0v) is 10.9. The minimum Gasteiger partial charge on any atom is -0.459 e. The van der Waals surface area contributed by atoms with Gasteiger partial charge in [-0.3, -0.25) is 0 Å². The molecule has 94 valence electrons. The minimum absolute atomic E-state index is 0.0115. The first-order chi connectivity index (χ1) is 8.08. The average molecular weight is 255 g/mol. The van der Waals surface area contributed by atoms with Crippen LogP contribution in [0.25, 0.3) is 0 Å². The number of rotatable bonds is 2. The molecule has 2 rings (SSSR count). The fourth-order valence-corrected chi connectivity index (χ4v) is 2.60. The van der Waals surface area contributed by atoms with Crippen LogP contribution in [0.4, 0.5) is 5.00 Å². The Kier molecular flexibility index (Phi) is 3.63. The third-order valence-corrected chi connectivity index (χ3v) is 3.80. The van der Waals surface area contributed by atoms with Gasteiger partial charge in [0.1, 0.15) is 16.7 Å². The molecule has 0 spiro atoms. The summed E-state index contributed by atoms with van der Waals surface area (Å²) in [7, 11) is 2.07. The summed E-state index contributed by atoms with van der Waals surface area (Å²) in [5.74, 6) is -0.330. The van der Waals surface area contributed by atoms with Crippen molar-refractivity contribution in [2.45, 2.75) is 25.9 Å². The van der Waals surface area contributed by atoms with Gasteiger partial charge in [-0.05, 0) is 38.3 Å². The van der Waals surface area contributed by atoms with Crippen molar-refractivity contribution in [3.05, 3.63) is 11.3 Å². The lowest BCUT2D eigenvalue weighted by atomic mass is 10.1. The molecular weight excluding hydrogens is 238 g/mol. The Labute approximate surface area is 105 Å². The predicted octanol–water partition coefficient (Wildman–Crippen LogP) is 1.28. The van der Waals surface area contributed by atoms with E-state index in [1.54, 1.807) is 6.92 Å². The molecular formula is C11H17N3O2S. The van der Waals surface area contributed by atoms with Gasteiger partial charge in [0, 0.05) is 13.1 Å². The molecule has 1 aliphatic heterocycles. The number of anilines is 1. The number of nitrogen functional groups attached to an aromatic ring is 1. The number of carbonyl (C=O) groups is 1. The number of hydrogen-bond donors (Lipinski definition) is 1. The minimum atomic E-state index is -0.330. The zero-order chi connectivity index (χ0) is 12.4. The van der Waals surface area contributed by atoms with Crippen molar-refractivity contribution in [3.63, 3.8) is 0 Å². The first-order valence-electron chi connectivity index (χ1n) is 5.69. The molecule has 6 heteroatoms. The highest BCUT2D eigenvalue weighted by molar-refractivity contribution is 7.10. The standard InChI is InChI=1S/C11H17N3O2S/c1-7-9(10(12)17-13-7)11(15)16-8-3-5-14(2)6-4-8/h8H,3-6,12H2,1-2H3. The van der Waals surface area contributed by atoms with Crippen LogP contribution in [0.5, 0.6) is 0 Å². The molecule has 0 amide bonds. The van der Waals surface area contributed by atoms with Crippen LogP contribution in [0.3, 0.4) is 0 Å². The van der Waals surface area contributed by atoms with Gasteiger partial charge in [0.15, 0.2) is 0 Å². The topological polar surface area (TPSA) is 68.4 Å². The number of aryl methyl sites for hydroxylation is 1. The Hall–Kier alpha value is -1.14. The van der Waals surface area contributed by atoms with E-state index in [9.17, 15) is 4.79 Å². The molecule has 0 aliphatic carbocycles. The smallest absolute Gasteiger partial charge is 0.343 e. The van der Waals surface area contributed by atoms with Crippen molar-refractivity contribution in [1.82, 2.24) is 9.27 Å². The monoisotopic (exact) mass is 255 g/mol. The van der Waals surface area contributed by atoms with Gasteiger partial charge >= 0.3 is 5.97 Å². The second kappa shape index (κ2) is 5.01. The van der Waals surface area contributed by atoms with Crippen LogP contribution in [0.2, 0.25) is 0 Å². The van der Waals surface area contributed by atoms with Crippen LogP contribution in [0.1, 0.15) is 28.9 Å². The quantitative estimate of drug-likeness (QED) is 0.806. The van der Waals surface area contributed by atoms with Crippen LogP contribution in [-0.2, 0) is 4.74 Å². The van der Waals surface area contributed by atoms with Crippen LogP contribution >= 0.6 is 11.5 Å². The maximum atomic E-state index is 11.9. The van der Waals surface area contributed by atoms with Crippen LogP contribution in [-0.4, -0.2) is 41.5 Å². The fourth-order valence-electron chi connectivity index (χ4n) is 1.95. The van der Waals surface area contributed by atoms with E-state index >= 15 is 0 Å². The third-order valence-electron chi connectivity index (χ3n) is 3.03. The van der Waals surface area contributed by atoms with E-state index in [0.29, 0.717) is 16.3 Å². The van der Waals surface area contributed by atoms with E-state index in [1.165, 1.54) is 0 Å². The number of nitrogens with zero attached hydrogens (tertiary/aromatic N) is 2. The average Bonchev–Trinajstić information content (AvgIpc) is 2.62. The SMILES string of the molecule is Cc1nsc(N)c1C(=O)OC1CCN(C)CC1. The van der Waals surface area contributed by atoms with E-state index in [1.807, 2.05) is 0 Å². The van der Waals surface area contributed by atoms with Crippen LogP contribution in [0.15, 0.2) is 0 Å². The van der Waals surface area contributed by atoms with Crippen molar-refractivity contribution in [2.75, 3.05) is 25.9 Å². The second-order valence-electron chi connectivity index (χ2n) is 4.42. The van der Waals surface area contributed by atoms with E-state index in [4.69, 9.17) is 10.5 Å². The van der Waals surface area contributed by atoms with E-state index < -0.39 is 0 Å². The molecule has 1 fully saturated rings. The molecule has 0 atom stereocenters. The number of hydrogen-bond acceptors (Lipinski definition) is 6. The molecule has 2 heterocycles. The predicted molar refractivity (Wildman–Crippen MR) is 67.2 cm³/mol. The molecule has 5 nitrogen and oxygen atoms in total.